The Balaban J connectivity index is 1.56. The van der Waals surface area contributed by atoms with Crippen LogP contribution >= 0.6 is 0 Å². The highest BCUT2D eigenvalue weighted by Crippen LogP contribution is 2.53. The van der Waals surface area contributed by atoms with Crippen molar-refractivity contribution in [3.8, 4) is 17.6 Å². The molecule has 2 aromatic rings. The Hall–Kier alpha value is -2.32. The highest BCUT2D eigenvalue weighted by Gasteiger charge is 2.40. The van der Waals surface area contributed by atoms with Crippen LogP contribution in [0.2, 0.25) is 0 Å². The summed E-state index contributed by atoms with van der Waals surface area (Å²) < 4.78 is 14.4. The first-order chi connectivity index (χ1) is 13.7. The number of benzene rings is 1. The second-order valence-corrected chi connectivity index (χ2v) is 8.58. The van der Waals surface area contributed by atoms with Crippen molar-refractivity contribution in [3.63, 3.8) is 0 Å². The molecule has 5 rings (SSSR count). The number of hydrogen-bond acceptors (Lipinski definition) is 4. The summed E-state index contributed by atoms with van der Waals surface area (Å²) in [5, 5.41) is 14.5. The number of aryl methyl sites for hydroxylation is 2. The van der Waals surface area contributed by atoms with Crippen LogP contribution in [0.4, 0.5) is 0 Å². The van der Waals surface area contributed by atoms with Crippen molar-refractivity contribution in [2.45, 2.75) is 70.3 Å². The van der Waals surface area contributed by atoms with Gasteiger partial charge in [0.1, 0.15) is 11.4 Å². The summed E-state index contributed by atoms with van der Waals surface area (Å²) in [5.41, 5.74) is 5.13. The van der Waals surface area contributed by atoms with Crippen molar-refractivity contribution in [2.75, 3.05) is 13.2 Å². The lowest BCUT2D eigenvalue weighted by Gasteiger charge is -2.24. The highest BCUT2D eigenvalue weighted by molar-refractivity contribution is 5.51. The standard InChI is InChI=1S/C23H27N3O2/c1-14-11-19(12-15(2)20(14)13-24)28-23-21(16-3-4-16)25-26(22(23)17-5-6-17)18-7-9-27-10-8-18/h11-12,16-18H,3-10H2,1-2H3. The molecule has 0 N–H and O–H groups in total. The van der Waals surface area contributed by atoms with E-state index in [1.54, 1.807) is 0 Å². The first kappa shape index (κ1) is 17.8. The van der Waals surface area contributed by atoms with Gasteiger partial charge in [-0.2, -0.15) is 10.4 Å². The number of rotatable bonds is 5. The molecule has 2 saturated carbocycles. The second kappa shape index (κ2) is 6.93. The Morgan fingerprint density at radius 2 is 1.68 bits per heavy atom. The summed E-state index contributed by atoms with van der Waals surface area (Å²) in [6, 6.07) is 6.70. The predicted octanol–water partition coefficient (Wildman–Crippen LogP) is 5.27. The Morgan fingerprint density at radius 3 is 2.25 bits per heavy atom. The number of hydrogen-bond donors (Lipinski definition) is 0. The summed E-state index contributed by atoms with van der Waals surface area (Å²) in [5.74, 6) is 2.93. The number of nitrogens with zero attached hydrogens (tertiary/aromatic N) is 3. The molecule has 0 atom stereocenters. The van der Waals surface area contributed by atoms with Crippen LogP contribution in [-0.4, -0.2) is 23.0 Å². The zero-order valence-electron chi connectivity index (χ0n) is 16.7. The van der Waals surface area contributed by atoms with Gasteiger partial charge in [-0.15, -0.1) is 0 Å². The van der Waals surface area contributed by atoms with Crippen molar-refractivity contribution in [1.29, 1.82) is 5.26 Å². The molecule has 1 aromatic heterocycles. The summed E-state index contributed by atoms with van der Waals surface area (Å²) in [6.45, 7) is 5.59. The van der Waals surface area contributed by atoms with Crippen molar-refractivity contribution in [3.05, 3.63) is 40.2 Å². The van der Waals surface area contributed by atoms with Gasteiger partial charge in [0.2, 0.25) is 0 Å². The largest absolute Gasteiger partial charge is 0.453 e. The van der Waals surface area contributed by atoms with E-state index in [-0.39, 0.29) is 0 Å². The average molecular weight is 377 g/mol. The van der Waals surface area contributed by atoms with E-state index in [0.29, 0.717) is 17.9 Å². The van der Waals surface area contributed by atoms with Gasteiger partial charge >= 0.3 is 0 Å². The maximum atomic E-state index is 9.36. The van der Waals surface area contributed by atoms with Crippen LogP contribution in [0.5, 0.6) is 11.5 Å². The molecule has 1 aromatic carbocycles. The smallest absolute Gasteiger partial charge is 0.172 e. The van der Waals surface area contributed by atoms with E-state index in [1.807, 2.05) is 26.0 Å². The van der Waals surface area contributed by atoms with Gasteiger partial charge < -0.3 is 9.47 Å². The molecule has 2 aliphatic carbocycles. The van der Waals surface area contributed by atoms with E-state index in [2.05, 4.69) is 10.8 Å². The Kier molecular flexibility index (Phi) is 4.40. The zero-order chi connectivity index (χ0) is 19.3. The van der Waals surface area contributed by atoms with Gasteiger partial charge in [-0.1, -0.05) is 0 Å². The van der Waals surface area contributed by atoms with Crippen LogP contribution in [0.3, 0.4) is 0 Å². The molecular weight excluding hydrogens is 350 g/mol. The third kappa shape index (κ3) is 3.20. The second-order valence-electron chi connectivity index (χ2n) is 8.58. The lowest BCUT2D eigenvalue weighted by atomic mass is 10.0. The van der Waals surface area contributed by atoms with Crippen molar-refractivity contribution in [1.82, 2.24) is 9.78 Å². The van der Waals surface area contributed by atoms with Crippen molar-refractivity contribution < 1.29 is 9.47 Å². The molecule has 3 aliphatic rings. The molecule has 0 amide bonds. The van der Waals surface area contributed by atoms with Crippen LogP contribution in [0.15, 0.2) is 12.1 Å². The van der Waals surface area contributed by atoms with Gasteiger partial charge in [-0.05, 0) is 75.6 Å². The van der Waals surface area contributed by atoms with Gasteiger partial charge in [0.15, 0.2) is 5.75 Å². The molecule has 1 saturated heterocycles. The van der Waals surface area contributed by atoms with Crippen LogP contribution in [0.1, 0.15) is 84.5 Å². The summed E-state index contributed by atoms with van der Waals surface area (Å²) in [6.07, 6.45) is 6.91. The van der Waals surface area contributed by atoms with E-state index in [4.69, 9.17) is 14.6 Å². The first-order valence-electron chi connectivity index (χ1n) is 10.5. The molecule has 28 heavy (non-hydrogen) atoms. The third-order valence-electron chi connectivity index (χ3n) is 6.23. The minimum absolute atomic E-state index is 0.420. The SMILES string of the molecule is Cc1cc(Oc2c(C3CC3)nn(C3CCOCC3)c2C2CC2)cc(C)c1C#N. The minimum Gasteiger partial charge on any atom is -0.453 e. The monoisotopic (exact) mass is 377 g/mol. The molecule has 0 spiro atoms. The maximum absolute atomic E-state index is 9.36. The van der Waals surface area contributed by atoms with E-state index in [0.717, 1.165) is 59.9 Å². The van der Waals surface area contributed by atoms with E-state index in [9.17, 15) is 5.26 Å². The average Bonchev–Trinajstić information content (AvgIpc) is 3.61. The summed E-state index contributed by atoms with van der Waals surface area (Å²) in [4.78, 5) is 0. The fraction of sp³-hybridized carbons (Fsp3) is 0.565. The summed E-state index contributed by atoms with van der Waals surface area (Å²) >= 11 is 0. The molecule has 146 valence electrons. The van der Waals surface area contributed by atoms with Crippen LogP contribution in [0, 0.1) is 25.2 Å². The van der Waals surface area contributed by atoms with Gasteiger partial charge in [-0.3, -0.25) is 4.68 Å². The maximum Gasteiger partial charge on any atom is 0.172 e. The molecule has 2 heterocycles. The lowest BCUT2D eigenvalue weighted by Crippen LogP contribution is -2.22. The van der Waals surface area contributed by atoms with Crippen molar-refractivity contribution >= 4 is 0 Å². The minimum atomic E-state index is 0.420. The van der Waals surface area contributed by atoms with E-state index < -0.39 is 0 Å². The number of aromatic nitrogens is 2. The topological polar surface area (TPSA) is 60.1 Å². The molecule has 3 fully saturated rings. The highest BCUT2D eigenvalue weighted by atomic mass is 16.5. The van der Waals surface area contributed by atoms with Gasteiger partial charge in [0.05, 0.1) is 23.4 Å². The molecule has 0 unspecified atom stereocenters. The molecule has 0 radical (unpaired) electrons. The Morgan fingerprint density at radius 1 is 1.04 bits per heavy atom. The summed E-state index contributed by atoms with van der Waals surface area (Å²) in [7, 11) is 0. The van der Waals surface area contributed by atoms with Crippen molar-refractivity contribution in [2.24, 2.45) is 0 Å². The molecule has 0 bridgehead atoms. The van der Waals surface area contributed by atoms with Crippen LogP contribution < -0.4 is 4.74 Å². The molecule has 1 aliphatic heterocycles. The zero-order valence-corrected chi connectivity index (χ0v) is 16.7. The molecular formula is C23H27N3O2. The molecule has 5 heteroatoms. The fourth-order valence-corrected chi connectivity index (χ4v) is 4.39. The first-order valence-corrected chi connectivity index (χ1v) is 10.5. The Labute approximate surface area is 166 Å². The number of nitriles is 1. The third-order valence-corrected chi connectivity index (χ3v) is 6.23. The quantitative estimate of drug-likeness (QED) is 0.712. The lowest BCUT2D eigenvalue weighted by molar-refractivity contribution is 0.0652. The normalized spacial score (nSPS) is 20.2. The van der Waals surface area contributed by atoms with Gasteiger partial charge in [0, 0.05) is 25.0 Å². The fourth-order valence-electron chi connectivity index (χ4n) is 4.39. The van der Waals surface area contributed by atoms with E-state index in [1.165, 1.54) is 31.4 Å². The van der Waals surface area contributed by atoms with Gasteiger partial charge in [0.25, 0.3) is 0 Å². The van der Waals surface area contributed by atoms with Crippen LogP contribution in [-0.2, 0) is 4.74 Å². The number of ether oxygens (including phenoxy) is 2. The van der Waals surface area contributed by atoms with Crippen LogP contribution in [0.25, 0.3) is 0 Å². The molecule has 5 nitrogen and oxygen atoms in total. The predicted molar refractivity (Wildman–Crippen MR) is 106 cm³/mol. The van der Waals surface area contributed by atoms with E-state index >= 15 is 0 Å². The Bertz CT molecular complexity index is 918. The van der Waals surface area contributed by atoms with Gasteiger partial charge in [-0.25, -0.2) is 0 Å².